The molecular formula is C7H16N4O2. The summed E-state index contributed by atoms with van der Waals surface area (Å²) in [6.45, 7) is 3.09. The summed E-state index contributed by atoms with van der Waals surface area (Å²) in [7, 11) is 1.41. The zero-order valence-corrected chi connectivity index (χ0v) is 8.07. The molecule has 0 unspecified atom stereocenters. The Kier molecular flexibility index (Phi) is 4.36. The molecule has 0 spiro atoms. The second kappa shape index (κ2) is 4.78. The number of likely N-dealkylation sites (N-methyl/N-ethyl adjacent to an activating group) is 1. The molecule has 2 amide bonds. The Morgan fingerprint density at radius 2 is 1.85 bits per heavy atom. The van der Waals surface area contributed by atoms with E-state index in [0.29, 0.717) is 0 Å². The van der Waals surface area contributed by atoms with Crippen molar-refractivity contribution < 1.29 is 9.59 Å². The molecule has 2 atom stereocenters. The summed E-state index contributed by atoms with van der Waals surface area (Å²) in [5, 5.41) is 3.35. The third kappa shape index (κ3) is 3.86. The number of nitrogens with two attached hydrogens (primary N) is 2. The van der Waals surface area contributed by atoms with Gasteiger partial charge in [0, 0.05) is 7.05 Å². The van der Waals surface area contributed by atoms with Crippen molar-refractivity contribution >= 4 is 11.8 Å². The van der Waals surface area contributed by atoms with Crippen LogP contribution in [0.3, 0.4) is 0 Å². The predicted molar refractivity (Wildman–Crippen MR) is 48.2 cm³/mol. The highest BCUT2D eigenvalue weighted by atomic mass is 16.2. The van der Waals surface area contributed by atoms with Crippen LogP contribution >= 0.6 is 0 Å². The van der Waals surface area contributed by atoms with Crippen molar-refractivity contribution in [3.8, 4) is 0 Å². The van der Waals surface area contributed by atoms with Crippen molar-refractivity contribution in [3.63, 3.8) is 0 Å². The monoisotopic (exact) mass is 188 g/mol. The van der Waals surface area contributed by atoms with Crippen LogP contribution < -0.4 is 16.9 Å². The number of hydrogen-bond acceptors (Lipinski definition) is 4. The summed E-state index contributed by atoms with van der Waals surface area (Å²) in [5.41, 5.74) is 5.29. The van der Waals surface area contributed by atoms with Gasteiger partial charge in [0.05, 0.1) is 6.04 Å². The molecule has 0 aliphatic carbocycles. The first kappa shape index (κ1) is 11.9. The van der Waals surface area contributed by atoms with Gasteiger partial charge in [-0.3, -0.25) is 14.6 Å². The van der Waals surface area contributed by atoms with Gasteiger partial charge in [-0.05, 0) is 13.8 Å². The molecule has 6 nitrogen and oxygen atoms in total. The van der Waals surface area contributed by atoms with Crippen LogP contribution in [0.15, 0.2) is 0 Å². The van der Waals surface area contributed by atoms with Crippen LogP contribution in [0.5, 0.6) is 0 Å². The highest BCUT2D eigenvalue weighted by molar-refractivity contribution is 5.88. The molecule has 0 aliphatic rings. The number of carbonyl (C=O) groups is 2. The Hall–Kier alpha value is -1.14. The van der Waals surface area contributed by atoms with Gasteiger partial charge in [0.25, 0.3) is 5.91 Å². The average Bonchev–Trinajstić information content (AvgIpc) is 2.02. The lowest BCUT2D eigenvalue weighted by atomic mass is 10.2. The van der Waals surface area contributed by atoms with Gasteiger partial charge >= 0.3 is 0 Å². The molecule has 0 heterocycles. The van der Waals surface area contributed by atoms with Crippen molar-refractivity contribution in [2.24, 2.45) is 11.6 Å². The Morgan fingerprint density at radius 3 is 2.15 bits per heavy atom. The number of carbonyl (C=O) groups excluding carboxylic acids is 2. The lowest BCUT2D eigenvalue weighted by Gasteiger charge is -2.18. The van der Waals surface area contributed by atoms with Gasteiger partial charge in [0.15, 0.2) is 0 Å². The average molecular weight is 188 g/mol. The van der Waals surface area contributed by atoms with E-state index in [2.05, 4.69) is 5.32 Å². The standard InChI is InChI=1S/C7H16N4O2/c1-4(8)6(12)10-5(2)7(13)11(3)9/h4-5H,8-9H2,1-3H3,(H,10,12)/t4-,5-/m1/s1. The Bertz CT molecular complexity index is 203. The fourth-order valence-electron chi connectivity index (χ4n) is 0.712. The van der Waals surface area contributed by atoms with Gasteiger partial charge in [-0.1, -0.05) is 0 Å². The van der Waals surface area contributed by atoms with Crippen molar-refractivity contribution in [3.05, 3.63) is 0 Å². The predicted octanol–water partition coefficient (Wildman–Crippen LogP) is -1.83. The number of hydrazine groups is 1. The molecule has 0 aromatic carbocycles. The number of hydrogen-bond donors (Lipinski definition) is 3. The number of rotatable bonds is 3. The third-order valence-electron chi connectivity index (χ3n) is 1.49. The normalized spacial score (nSPS) is 14.5. The summed E-state index contributed by atoms with van der Waals surface area (Å²) in [5.74, 6) is 4.45. The zero-order valence-electron chi connectivity index (χ0n) is 8.07. The minimum atomic E-state index is -0.645. The fourth-order valence-corrected chi connectivity index (χ4v) is 0.712. The SMILES string of the molecule is C[C@@H](N)C(=O)N[C@H](C)C(=O)N(C)N. The van der Waals surface area contributed by atoms with E-state index in [-0.39, 0.29) is 11.8 Å². The molecule has 5 N–H and O–H groups in total. The summed E-state index contributed by atoms with van der Waals surface area (Å²) in [6, 6.07) is -1.27. The Labute approximate surface area is 77.2 Å². The van der Waals surface area contributed by atoms with Gasteiger partial charge in [-0.2, -0.15) is 0 Å². The van der Waals surface area contributed by atoms with Gasteiger partial charge in [0.1, 0.15) is 6.04 Å². The van der Waals surface area contributed by atoms with Crippen LogP contribution in [0.2, 0.25) is 0 Å². The van der Waals surface area contributed by atoms with Crippen LogP contribution in [0.4, 0.5) is 0 Å². The van der Waals surface area contributed by atoms with Crippen molar-refractivity contribution in [1.82, 2.24) is 10.3 Å². The van der Waals surface area contributed by atoms with Gasteiger partial charge in [-0.25, -0.2) is 5.84 Å². The quantitative estimate of drug-likeness (QED) is 0.275. The van der Waals surface area contributed by atoms with Gasteiger partial charge in [0.2, 0.25) is 5.91 Å². The Balaban J connectivity index is 4.08. The molecule has 0 fully saturated rings. The van der Waals surface area contributed by atoms with Crippen LogP contribution in [0.25, 0.3) is 0 Å². The molecule has 6 heteroatoms. The minimum Gasteiger partial charge on any atom is -0.343 e. The van der Waals surface area contributed by atoms with E-state index in [0.717, 1.165) is 5.01 Å². The summed E-state index contributed by atoms with van der Waals surface area (Å²) in [4.78, 5) is 22.2. The second-order valence-electron chi connectivity index (χ2n) is 2.97. The maximum atomic E-state index is 11.1. The van der Waals surface area contributed by atoms with E-state index >= 15 is 0 Å². The number of nitrogens with one attached hydrogen (secondary N) is 1. The first-order valence-corrected chi connectivity index (χ1v) is 3.94. The molecule has 0 bridgehead atoms. The Morgan fingerprint density at radius 1 is 1.38 bits per heavy atom. The van der Waals surface area contributed by atoms with Crippen molar-refractivity contribution in [2.45, 2.75) is 25.9 Å². The maximum absolute atomic E-state index is 11.1. The second-order valence-corrected chi connectivity index (χ2v) is 2.97. The molecule has 0 aromatic rings. The summed E-state index contributed by atoms with van der Waals surface area (Å²) >= 11 is 0. The van der Waals surface area contributed by atoms with Crippen LogP contribution in [0, 0.1) is 0 Å². The lowest BCUT2D eigenvalue weighted by molar-refractivity contribution is -0.135. The van der Waals surface area contributed by atoms with Crippen molar-refractivity contribution in [2.75, 3.05) is 7.05 Å². The minimum absolute atomic E-state index is 0.367. The molecule has 0 radical (unpaired) electrons. The largest absolute Gasteiger partial charge is 0.343 e. The van der Waals surface area contributed by atoms with E-state index in [1.54, 1.807) is 13.8 Å². The van der Waals surface area contributed by atoms with Gasteiger partial charge in [-0.15, -0.1) is 0 Å². The first-order valence-electron chi connectivity index (χ1n) is 3.94. The molecule has 13 heavy (non-hydrogen) atoms. The molecule has 0 aliphatic heterocycles. The van der Waals surface area contributed by atoms with Gasteiger partial charge < -0.3 is 11.1 Å². The third-order valence-corrected chi connectivity index (χ3v) is 1.49. The van der Waals surface area contributed by atoms with E-state index in [1.165, 1.54) is 7.05 Å². The smallest absolute Gasteiger partial charge is 0.258 e. The molecule has 0 saturated heterocycles. The maximum Gasteiger partial charge on any atom is 0.258 e. The highest BCUT2D eigenvalue weighted by Crippen LogP contribution is 1.87. The van der Waals surface area contributed by atoms with E-state index in [4.69, 9.17) is 11.6 Å². The molecular weight excluding hydrogens is 172 g/mol. The summed E-state index contributed by atoms with van der Waals surface area (Å²) < 4.78 is 0. The van der Waals surface area contributed by atoms with E-state index in [1.807, 2.05) is 0 Å². The lowest BCUT2D eigenvalue weighted by Crippen LogP contribution is -2.51. The summed E-state index contributed by atoms with van der Waals surface area (Å²) in [6.07, 6.45) is 0. The van der Waals surface area contributed by atoms with E-state index < -0.39 is 12.1 Å². The van der Waals surface area contributed by atoms with E-state index in [9.17, 15) is 9.59 Å². The topological polar surface area (TPSA) is 101 Å². The van der Waals surface area contributed by atoms with Crippen LogP contribution in [-0.2, 0) is 9.59 Å². The molecule has 0 aromatic heterocycles. The first-order chi connectivity index (χ1) is 5.86. The molecule has 0 saturated carbocycles. The highest BCUT2D eigenvalue weighted by Gasteiger charge is 2.18. The van der Waals surface area contributed by atoms with Crippen LogP contribution in [-0.4, -0.2) is 36.0 Å². The van der Waals surface area contributed by atoms with Crippen LogP contribution in [0.1, 0.15) is 13.8 Å². The fraction of sp³-hybridized carbons (Fsp3) is 0.714. The molecule has 76 valence electrons. The van der Waals surface area contributed by atoms with Crippen molar-refractivity contribution in [1.29, 1.82) is 0 Å². The zero-order chi connectivity index (χ0) is 10.6. The number of nitrogens with zero attached hydrogens (tertiary/aromatic N) is 1. The molecule has 0 rings (SSSR count). The number of amides is 2.